The molecular weight excluding hydrogens is 405 g/mol. The molecule has 0 radical (unpaired) electrons. The van der Waals surface area contributed by atoms with E-state index in [2.05, 4.69) is 9.97 Å². The van der Waals surface area contributed by atoms with Crippen molar-refractivity contribution in [3.63, 3.8) is 0 Å². The number of methoxy groups -OCH3 is 2. The molecule has 0 aliphatic rings. The first kappa shape index (κ1) is 19.8. The summed E-state index contributed by atoms with van der Waals surface area (Å²) in [6.45, 7) is 0.252. The van der Waals surface area contributed by atoms with E-state index in [1.807, 2.05) is 12.1 Å². The molecule has 0 atom stereocenters. The minimum absolute atomic E-state index is 0.238. The van der Waals surface area contributed by atoms with E-state index in [1.54, 1.807) is 44.8 Å². The van der Waals surface area contributed by atoms with E-state index in [0.717, 1.165) is 10.3 Å². The van der Waals surface area contributed by atoms with E-state index in [4.69, 9.17) is 9.47 Å². The van der Waals surface area contributed by atoms with Crippen molar-refractivity contribution >= 4 is 32.6 Å². The van der Waals surface area contributed by atoms with Crippen LogP contribution in [0.1, 0.15) is 15.9 Å². The third kappa shape index (κ3) is 3.81. The topological polar surface area (TPSA) is 64.6 Å². The third-order valence-corrected chi connectivity index (χ3v) is 5.63. The fourth-order valence-electron chi connectivity index (χ4n) is 3.06. The summed E-state index contributed by atoms with van der Waals surface area (Å²) in [7, 11) is 3.14. The Morgan fingerprint density at radius 1 is 1.07 bits per heavy atom. The largest absolute Gasteiger partial charge is 0.495 e. The van der Waals surface area contributed by atoms with Crippen LogP contribution < -0.4 is 14.4 Å². The first-order chi connectivity index (χ1) is 14.6. The lowest BCUT2D eigenvalue weighted by Gasteiger charge is -2.20. The molecule has 4 rings (SSSR count). The molecule has 8 heteroatoms. The molecule has 2 heterocycles. The molecule has 0 aliphatic carbocycles. The van der Waals surface area contributed by atoms with Gasteiger partial charge >= 0.3 is 0 Å². The van der Waals surface area contributed by atoms with Crippen LogP contribution in [-0.4, -0.2) is 30.1 Å². The molecule has 6 nitrogen and oxygen atoms in total. The molecule has 2 aromatic heterocycles. The van der Waals surface area contributed by atoms with E-state index in [0.29, 0.717) is 22.1 Å². The number of thiazole rings is 1. The maximum atomic E-state index is 13.8. The van der Waals surface area contributed by atoms with Gasteiger partial charge in [0.25, 0.3) is 5.91 Å². The first-order valence-corrected chi connectivity index (χ1v) is 9.90. The Morgan fingerprint density at radius 3 is 2.50 bits per heavy atom. The number of amides is 1. The number of pyridine rings is 1. The van der Waals surface area contributed by atoms with E-state index in [9.17, 15) is 9.18 Å². The van der Waals surface area contributed by atoms with Gasteiger partial charge in [-0.3, -0.25) is 14.7 Å². The molecule has 0 fully saturated rings. The Balaban J connectivity index is 1.84. The predicted octanol–water partition coefficient (Wildman–Crippen LogP) is 4.69. The highest BCUT2D eigenvalue weighted by molar-refractivity contribution is 7.22. The Morgan fingerprint density at radius 2 is 1.80 bits per heavy atom. The van der Waals surface area contributed by atoms with Gasteiger partial charge in [-0.15, -0.1) is 0 Å². The quantitative estimate of drug-likeness (QED) is 0.450. The van der Waals surface area contributed by atoms with Crippen LogP contribution in [0.5, 0.6) is 11.5 Å². The number of hydrogen-bond donors (Lipinski definition) is 0. The Hall–Kier alpha value is -3.52. The molecule has 0 spiro atoms. The lowest BCUT2D eigenvalue weighted by Crippen LogP contribution is -2.30. The number of nitrogens with zero attached hydrogens (tertiary/aromatic N) is 3. The predicted molar refractivity (Wildman–Crippen MR) is 114 cm³/mol. The summed E-state index contributed by atoms with van der Waals surface area (Å²) in [5.41, 5.74) is 1.71. The highest BCUT2D eigenvalue weighted by Gasteiger charge is 2.24. The highest BCUT2D eigenvalue weighted by Crippen LogP contribution is 2.40. The molecular formula is C22H18FN3O3S. The summed E-state index contributed by atoms with van der Waals surface area (Å²) in [4.78, 5) is 23.5. The number of ether oxygens (including phenoxy) is 2. The smallest absolute Gasteiger partial charge is 0.260 e. The van der Waals surface area contributed by atoms with Crippen LogP contribution in [0.15, 0.2) is 60.9 Å². The van der Waals surface area contributed by atoms with Gasteiger partial charge in [-0.05, 0) is 48.0 Å². The number of anilines is 1. The van der Waals surface area contributed by atoms with Crippen molar-refractivity contribution in [2.45, 2.75) is 6.54 Å². The number of benzene rings is 2. The number of halogens is 1. The number of rotatable bonds is 6. The first-order valence-electron chi connectivity index (χ1n) is 9.08. The molecule has 2 aromatic carbocycles. The van der Waals surface area contributed by atoms with Crippen LogP contribution >= 0.6 is 11.3 Å². The van der Waals surface area contributed by atoms with Crippen molar-refractivity contribution in [1.29, 1.82) is 0 Å². The number of fused-ring (bicyclic) bond motifs is 1. The second-order valence-electron chi connectivity index (χ2n) is 6.40. The van der Waals surface area contributed by atoms with Crippen molar-refractivity contribution in [1.82, 2.24) is 9.97 Å². The minimum atomic E-state index is -0.475. The van der Waals surface area contributed by atoms with E-state index in [-0.39, 0.29) is 18.0 Å². The SMILES string of the molecule is COc1ccc(OC)c2sc(N(Cc3ccncc3)C(=O)c3cccc(F)c3)nc12. The van der Waals surface area contributed by atoms with E-state index >= 15 is 0 Å². The number of carbonyl (C=O) groups is 1. The molecule has 0 saturated carbocycles. The summed E-state index contributed by atoms with van der Waals surface area (Å²) >= 11 is 1.31. The average Bonchev–Trinajstić information content (AvgIpc) is 3.22. The molecule has 30 heavy (non-hydrogen) atoms. The van der Waals surface area contributed by atoms with Gasteiger partial charge in [0, 0.05) is 18.0 Å². The maximum absolute atomic E-state index is 13.8. The standard InChI is InChI=1S/C22H18FN3O3S/c1-28-17-6-7-18(29-2)20-19(17)25-22(30-20)26(13-14-8-10-24-11-9-14)21(27)15-4-3-5-16(23)12-15/h3-12H,13H2,1-2H3. The number of aromatic nitrogens is 2. The van der Waals surface area contributed by atoms with Gasteiger partial charge in [0.1, 0.15) is 27.5 Å². The van der Waals surface area contributed by atoms with Crippen LogP contribution in [-0.2, 0) is 6.54 Å². The van der Waals surface area contributed by atoms with Crippen LogP contribution in [0.3, 0.4) is 0 Å². The van der Waals surface area contributed by atoms with Gasteiger partial charge in [-0.2, -0.15) is 0 Å². The summed E-state index contributed by atoms with van der Waals surface area (Å²) in [6.07, 6.45) is 3.31. The normalized spacial score (nSPS) is 10.8. The number of hydrogen-bond acceptors (Lipinski definition) is 6. The monoisotopic (exact) mass is 423 g/mol. The van der Waals surface area contributed by atoms with Crippen molar-refractivity contribution < 1.29 is 18.7 Å². The molecule has 0 aliphatic heterocycles. The van der Waals surface area contributed by atoms with Crippen LogP contribution in [0.2, 0.25) is 0 Å². The van der Waals surface area contributed by atoms with Crippen LogP contribution in [0.4, 0.5) is 9.52 Å². The van der Waals surface area contributed by atoms with Crippen LogP contribution in [0.25, 0.3) is 10.2 Å². The Kier molecular flexibility index (Phi) is 5.58. The van der Waals surface area contributed by atoms with Gasteiger partial charge in [0.2, 0.25) is 0 Å². The molecule has 0 bridgehead atoms. The third-order valence-electron chi connectivity index (χ3n) is 4.54. The zero-order valence-corrected chi connectivity index (χ0v) is 17.1. The lowest BCUT2D eigenvalue weighted by molar-refractivity contribution is 0.0984. The molecule has 0 saturated heterocycles. The molecule has 0 N–H and O–H groups in total. The minimum Gasteiger partial charge on any atom is -0.495 e. The van der Waals surface area contributed by atoms with Gasteiger partial charge in [-0.25, -0.2) is 9.37 Å². The van der Waals surface area contributed by atoms with Crippen molar-refractivity contribution in [3.8, 4) is 11.5 Å². The highest BCUT2D eigenvalue weighted by atomic mass is 32.1. The zero-order chi connectivity index (χ0) is 21.1. The summed E-state index contributed by atoms with van der Waals surface area (Å²) < 4.78 is 25.4. The molecule has 1 amide bonds. The number of carbonyl (C=O) groups excluding carboxylic acids is 1. The summed E-state index contributed by atoms with van der Waals surface area (Å²) in [5, 5.41) is 0.457. The van der Waals surface area contributed by atoms with E-state index in [1.165, 1.54) is 34.4 Å². The lowest BCUT2D eigenvalue weighted by atomic mass is 10.2. The van der Waals surface area contributed by atoms with Gasteiger partial charge < -0.3 is 9.47 Å². The van der Waals surface area contributed by atoms with Crippen molar-refractivity contribution in [3.05, 3.63) is 77.9 Å². The molecule has 0 unspecified atom stereocenters. The average molecular weight is 423 g/mol. The van der Waals surface area contributed by atoms with E-state index < -0.39 is 5.82 Å². The maximum Gasteiger partial charge on any atom is 0.260 e. The van der Waals surface area contributed by atoms with Crippen LogP contribution in [0, 0.1) is 5.82 Å². The van der Waals surface area contributed by atoms with Gasteiger partial charge in [-0.1, -0.05) is 17.4 Å². The fourth-order valence-corrected chi connectivity index (χ4v) is 4.14. The Labute approximate surface area is 176 Å². The molecule has 4 aromatic rings. The van der Waals surface area contributed by atoms with Crippen molar-refractivity contribution in [2.24, 2.45) is 0 Å². The Bertz CT molecular complexity index is 1160. The summed E-state index contributed by atoms with van der Waals surface area (Å²) in [6, 6.07) is 12.8. The second-order valence-corrected chi connectivity index (χ2v) is 7.38. The second kappa shape index (κ2) is 8.46. The van der Waals surface area contributed by atoms with Gasteiger partial charge in [0.15, 0.2) is 5.13 Å². The molecule has 152 valence electrons. The van der Waals surface area contributed by atoms with Gasteiger partial charge in [0.05, 0.1) is 20.8 Å². The summed E-state index contributed by atoms with van der Waals surface area (Å²) in [5.74, 6) is 0.382. The zero-order valence-electron chi connectivity index (χ0n) is 16.3. The van der Waals surface area contributed by atoms with Crippen molar-refractivity contribution in [2.75, 3.05) is 19.1 Å². The fraction of sp³-hybridized carbons (Fsp3) is 0.136.